The van der Waals surface area contributed by atoms with Gasteiger partial charge in [0.25, 0.3) is 5.69 Å². The van der Waals surface area contributed by atoms with Crippen LogP contribution < -0.4 is 0 Å². The summed E-state index contributed by atoms with van der Waals surface area (Å²) in [4.78, 5) is 11.2. The number of para-hydroxylation sites is 1. The SMILES string of the molecule is O=[N+]([O-])c1ccccc1-c1cc(Br)c2c(c1)-c1ccccc1C21CCCC1. The normalized spacial score (nSPS) is 16.3. The van der Waals surface area contributed by atoms with Crippen LogP contribution >= 0.6 is 15.9 Å². The number of nitro benzene ring substituents is 1. The average molecular weight is 420 g/mol. The molecule has 1 saturated carbocycles. The number of halogens is 1. The second-order valence-electron chi connectivity index (χ2n) is 7.49. The van der Waals surface area contributed by atoms with E-state index in [0.717, 1.165) is 10.0 Å². The molecular formula is C23H18BrNO2. The van der Waals surface area contributed by atoms with Crippen LogP contribution in [0.3, 0.4) is 0 Å². The lowest BCUT2D eigenvalue weighted by Gasteiger charge is -2.27. The van der Waals surface area contributed by atoms with Crippen molar-refractivity contribution in [1.82, 2.24) is 0 Å². The van der Waals surface area contributed by atoms with Crippen LogP contribution in [-0.4, -0.2) is 4.92 Å². The minimum absolute atomic E-state index is 0.0892. The number of hydrogen-bond donors (Lipinski definition) is 0. The molecule has 0 aromatic heterocycles. The van der Waals surface area contributed by atoms with E-state index in [-0.39, 0.29) is 16.0 Å². The Kier molecular flexibility index (Phi) is 3.73. The molecule has 2 aliphatic carbocycles. The van der Waals surface area contributed by atoms with E-state index in [1.165, 1.54) is 47.9 Å². The van der Waals surface area contributed by atoms with Crippen molar-refractivity contribution < 1.29 is 4.92 Å². The van der Waals surface area contributed by atoms with Crippen LogP contribution in [0.4, 0.5) is 5.69 Å². The lowest BCUT2D eigenvalue weighted by molar-refractivity contribution is -0.384. The summed E-state index contributed by atoms with van der Waals surface area (Å²) in [6, 6.07) is 19.9. The predicted octanol–water partition coefficient (Wildman–Crippen LogP) is 6.86. The van der Waals surface area contributed by atoms with E-state index in [0.29, 0.717) is 5.56 Å². The van der Waals surface area contributed by atoms with Gasteiger partial charge in [-0.3, -0.25) is 10.1 Å². The van der Waals surface area contributed by atoms with Crippen molar-refractivity contribution in [3.63, 3.8) is 0 Å². The maximum atomic E-state index is 11.5. The third-order valence-electron chi connectivity index (χ3n) is 6.17. The van der Waals surface area contributed by atoms with Crippen LogP contribution in [0.25, 0.3) is 22.3 Å². The summed E-state index contributed by atoms with van der Waals surface area (Å²) in [5.41, 5.74) is 7.05. The number of nitrogens with zero attached hydrogens (tertiary/aromatic N) is 1. The maximum absolute atomic E-state index is 11.5. The lowest BCUT2D eigenvalue weighted by atomic mass is 9.76. The zero-order valence-electron chi connectivity index (χ0n) is 14.7. The van der Waals surface area contributed by atoms with Gasteiger partial charge >= 0.3 is 0 Å². The van der Waals surface area contributed by atoms with Gasteiger partial charge in [0, 0.05) is 16.0 Å². The summed E-state index contributed by atoms with van der Waals surface area (Å²) in [7, 11) is 0. The fraction of sp³-hybridized carbons (Fsp3) is 0.217. The van der Waals surface area contributed by atoms with Gasteiger partial charge in [-0.2, -0.15) is 0 Å². The molecule has 27 heavy (non-hydrogen) atoms. The zero-order chi connectivity index (χ0) is 18.6. The molecule has 0 N–H and O–H groups in total. The van der Waals surface area contributed by atoms with Crippen LogP contribution in [0.5, 0.6) is 0 Å². The molecule has 2 aliphatic rings. The highest BCUT2D eigenvalue weighted by atomic mass is 79.9. The number of benzene rings is 3. The molecule has 0 atom stereocenters. The Bertz CT molecular complexity index is 1080. The summed E-state index contributed by atoms with van der Waals surface area (Å²) in [5.74, 6) is 0. The first kappa shape index (κ1) is 16.7. The van der Waals surface area contributed by atoms with Gasteiger partial charge in [-0.1, -0.05) is 65.2 Å². The fourth-order valence-corrected chi connectivity index (χ4v) is 5.95. The van der Waals surface area contributed by atoms with E-state index in [9.17, 15) is 10.1 Å². The van der Waals surface area contributed by atoms with Gasteiger partial charge < -0.3 is 0 Å². The van der Waals surface area contributed by atoms with Gasteiger partial charge in [-0.15, -0.1) is 0 Å². The molecule has 3 aromatic rings. The van der Waals surface area contributed by atoms with Gasteiger partial charge in [0.05, 0.1) is 10.5 Å². The molecule has 1 fully saturated rings. The maximum Gasteiger partial charge on any atom is 0.277 e. The molecule has 0 amide bonds. The monoisotopic (exact) mass is 419 g/mol. The third-order valence-corrected chi connectivity index (χ3v) is 6.80. The van der Waals surface area contributed by atoms with E-state index in [2.05, 4.69) is 52.3 Å². The lowest BCUT2D eigenvalue weighted by Crippen LogP contribution is -2.21. The second-order valence-corrected chi connectivity index (χ2v) is 8.34. The quantitative estimate of drug-likeness (QED) is 0.336. The van der Waals surface area contributed by atoms with Crippen LogP contribution in [-0.2, 0) is 5.41 Å². The Morgan fingerprint density at radius 3 is 2.30 bits per heavy atom. The molecule has 0 aliphatic heterocycles. The summed E-state index contributed by atoms with van der Waals surface area (Å²) >= 11 is 3.83. The van der Waals surface area contributed by atoms with Crippen LogP contribution in [0, 0.1) is 10.1 Å². The van der Waals surface area contributed by atoms with Crippen LogP contribution in [0.1, 0.15) is 36.8 Å². The van der Waals surface area contributed by atoms with Crippen molar-refractivity contribution >= 4 is 21.6 Å². The number of hydrogen-bond acceptors (Lipinski definition) is 2. The molecule has 4 heteroatoms. The first-order valence-electron chi connectivity index (χ1n) is 9.29. The first-order chi connectivity index (χ1) is 13.1. The second kappa shape index (κ2) is 6.03. The summed E-state index contributed by atoms with van der Waals surface area (Å²) < 4.78 is 1.06. The van der Waals surface area contributed by atoms with Crippen molar-refractivity contribution in [2.45, 2.75) is 31.1 Å². The molecule has 0 saturated heterocycles. The Morgan fingerprint density at radius 2 is 1.56 bits per heavy atom. The van der Waals surface area contributed by atoms with E-state index in [1.807, 2.05) is 12.1 Å². The molecule has 0 heterocycles. The Hall–Kier alpha value is -2.46. The van der Waals surface area contributed by atoms with Gasteiger partial charge in [0.2, 0.25) is 0 Å². The highest BCUT2D eigenvalue weighted by Gasteiger charge is 2.46. The Balaban J connectivity index is 1.79. The summed E-state index contributed by atoms with van der Waals surface area (Å²) in [6.45, 7) is 0. The highest BCUT2D eigenvalue weighted by Crippen LogP contribution is 2.59. The smallest absolute Gasteiger partial charge is 0.258 e. The van der Waals surface area contributed by atoms with Crippen molar-refractivity contribution in [3.05, 3.63) is 86.4 Å². The summed E-state index contributed by atoms with van der Waals surface area (Å²) in [6.07, 6.45) is 4.82. The molecule has 0 bridgehead atoms. The van der Waals surface area contributed by atoms with Crippen molar-refractivity contribution in [1.29, 1.82) is 0 Å². The number of rotatable bonds is 2. The van der Waals surface area contributed by atoms with E-state index >= 15 is 0 Å². The molecule has 134 valence electrons. The zero-order valence-corrected chi connectivity index (χ0v) is 16.3. The van der Waals surface area contributed by atoms with Crippen molar-refractivity contribution in [2.24, 2.45) is 0 Å². The highest BCUT2D eigenvalue weighted by molar-refractivity contribution is 9.10. The molecule has 0 unspecified atom stereocenters. The molecule has 5 rings (SSSR count). The number of nitro groups is 1. The van der Waals surface area contributed by atoms with E-state index < -0.39 is 0 Å². The Morgan fingerprint density at radius 1 is 0.889 bits per heavy atom. The number of fused-ring (bicyclic) bond motifs is 5. The van der Waals surface area contributed by atoms with Crippen molar-refractivity contribution in [3.8, 4) is 22.3 Å². The molecule has 1 spiro atoms. The first-order valence-corrected chi connectivity index (χ1v) is 10.1. The minimum atomic E-state index is -0.303. The fourth-order valence-electron chi connectivity index (χ4n) is 5.11. The third kappa shape index (κ3) is 2.32. The topological polar surface area (TPSA) is 43.1 Å². The molecular weight excluding hydrogens is 402 g/mol. The molecule has 0 radical (unpaired) electrons. The standard InChI is InChI=1S/C23H18BrNO2/c24-20-14-15(16-7-2-4-10-21(16)25(26)27)13-18-17-8-1-3-9-19(17)23(22(18)20)11-5-6-12-23/h1-4,7-10,13-14H,5-6,11-12H2. The van der Waals surface area contributed by atoms with Gasteiger partial charge in [0.1, 0.15) is 0 Å². The summed E-state index contributed by atoms with van der Waals surface area (Å²) in [5, 5.41) is 11.5. The van der Waals surface area contributed by atoms with E-state index in [4.69, 9.17) is 0 Å². The van der Waals surface area contributed by atoms with Gasteiger partial charge in [-0.25, -0.2) is 0 Å². The predicted molar refractivity (Wildman–Crippen MR) is 111 cm³/mol. The van der Waals surface area contributed by atoms with Gasteiger partial charge in [-0.05, 0) is 58.9 Å². The van der Waals surface area contributed by atoms with Crippen LogP contribution in [0.2, 0.25) is 0 Å². The van der Waals surface area contributed by atoms with E-state index in [1.54, 1.807) is 12.1 Å². The largest absolute Gasteiger partial charge is 0.277 e. The average Bonchev–Trinajstić information content (AvgIpc) is 3.27. The molecule has 3 nitrogen and oxygen atoms in total. The van der Waals surface area contributed by atoms with Gasteiger partial charge in [0.15, 0.2) is 0 Å². The minimum Gasteiger partial charge on any atom is -0.258 e. The van der Waals surface area contributed by atoms with Crippen molar-refractivity contribution in [2.75, 3.05) is 0 Å². The Labute approximate surface area is 166 Å². The molecule has 3 aromatic carbocycles. The van der Waals surface area contributed by atoms with Crippen LogP contribution in [0.15, 0.2) is 65.1 Å².